The lowest BCUT2D eigenvalue weighted by molar-refractivity contribution is -0.146. The second-order valence-electron chi connectivity index (χ2n) is 3.69. The minimum absolute atomic E-state index is 0.0671. The number of ether oxygens (including phenoxy) is 1. The van der Waals surface area contributed by atoms with Gasteiger partial charge in [0.05, 0.1) is 12.5 Å². The van der Waals surface area contributed by atoms with Crippen molar-refractivity contribution in [2.45, 2.75) is 32.9 Å². The van der Waals surface area contributed by atoms with E-state index in [4.69, 9.17) is 10.5 Å². The van der Waals surface area contributed by atoms with Crippen LogP contribution in [0, 0.1) is 0 Å². The van der Waals surface area contributed by atoms with Gasteiger partial charge >= 0.3 is 5.97 Å². The molecule has 0 heterocycles. The van der Waals surface area contributed by atoms with Gasteiger partial charge in [0.2, 0.25) is 0 Å². The lowest BCUT2D eigenvalue weighted by Gasteiger charge is -2.10. The van der Waals surface area contributed by atoms with Crippen molar-refractivity contribution in [3.63, 3.8) is 0 Å². The highest BCUT2D eigenvalue weighted by atomic mass is 16.5. The first-order chi connectivity index (χ1) is 7.13. The minimum Gasteiger partial charge on any atom is -0.463 e. The summed E-state index contributed by atoms with van der Waals surface area (Å²) in [6, 6.07) is 7.65. The number of carbonyl (C=O) groups excluding carboxylic acids is 1. The first-order valence-electron chi connectivity index (χ1n) is 5.09. The average molecular weight is 207 g/mol. The monoisotopic (exact) mass is 207 g/mol. The predicted octanol–water partition coefficient (Wildman–Crippen LogP) is 1.64. The normalized spacial score (nSPS) is 10.4. The molecule has 15 heavy (non-hydrogen) atoms. The molecule has 1 aromatic rings. The van der Waals surface area contributed by atoms with Gasteiger partial charge in [0.15, 0.2) is 0 Å². The molecule has 3 nitrogen and oxygen atoms in total. The van der Waals surface area contributed by atoms with Crippen molar-refractivity contribution in [2.24, 2.45) is 5.73 Å². The summed E-state index contributed by atoms with van der Waals surface area (Å²) in [7, 11) is 0. The summed E-state index contributed by atoms with van der Waals surface area (Å²) in [5.74, 6) is -0.203. The molecule has 0 bridgehead atoms. The lowest BCUT2D eigenvalue weighted by atomic mass is 10.1. The van der Waals surface area contributed by atoms with E-state index in [1.165, 1.54) is 0 Å². The van der Waals surface area contributed by atoms with Crippen LogP contribution < -0.4 is 5.73 Å². The molecule has 82 valence electrons. The van der Waals surface area contributed by atoms with E-state index in [0.717, 1.165) is 11.1 Å². The van der Waals surface area contributed by atoms with E-state index >= 15 is 0 Å². The molecule has 0 aromatic heterocycles. The van der Waals surface area contributed by atoms with Gasteiger partial charge < -0.3 is 10.5 Å². The van der Waals surface area contributed by atoms with Gasteiger partial charge in [-0.3, -0.25) is 4.79 Å². The molecule has 0 atom stereocenters. The fourth-order valence-electron chi connectivity index (χ4n) is 1.39. The Labute approximate surface area is 90.2 Å². The maximum atomic E-state index is 11.4. The van der Waals surface area contributed by atoms with Crippen molar-refractivity contribution in [3.8, 4) is 0 Å². The highest BCUT2D eigenvalue weighted by Gasteiger charge is 2.09. The summed E-state index contributed by atoms with van der Waals surface area (Å²) >= 11 is 0. The molecule has 1 rings (SSSR count). The molecule has 3 heteroatoms. The Balaban J connectivity index is 2.67. The van der Waals surface area contributed by atoms with E-state index in [-0.39, 0.29) is 12.1 Å². The van der Waals surface area contributed by atoms with E-state index in [2.05, 4.69) is 0 Å². The molecule has 0 saturated carbocycles. The molecular formula is C12H17NO2. The second-order valence-corrected chi connectivity index (χ2v) is 3.69. The summed E-state index contributed by atoms with van der Waals surface area (Å²) in [6.45, 7) is 4.13. The molecule has 0 aliphatic rings. The summed E-state index contributed by atoms with van der Waals surface area (Å²) in [5, 5.41) is 0. The SMILES string of the molecule is CC(C)OC(=O)Cc1ccccc1CN. The molecule has 0 radical (unpaired) electrons. The number of hydrogen-bond donors (Lipinski definition) is 1. The molecule has 1 aromatic carbocycles. The maximum Gasteiger partial charge on any atom is 0.310 e. The number of esters is 1. The van der Waals surface area contributed by atoms with Gasteiger partial charge in [0.25, 0.3) is 0 Å². The van der Waals surface area contributed by atoms with Crippen LogP contribution in [-0.4, -0.2) is 12.1 Å². The second kappa shape index (κ2) is 5.51. The Kier molecular flexibility index (Phi) is 4.31. The molecule has 0 unspecified atom stereocenters. The number of carbonyl (C=O) groups is 1. The highest BCUT2D eigenvalue weighted by molar-refractivity contribution is 5.73. The van der Waals surface area contributed by atoms with Crippen LogP contribution in [0.15, 0.2) is 24.3 Å². The van der Waals surface area contributed by atoms with Crippen molar-refractivity contribution in [2.75, 3.05) is 0 Å². The van der Waals surface area contributed by atoms with Gasteiger partial charge in [-0.25, -0.2) is 0 Å². The van der Waals surface area contributed by atoms with Crippen molar-refractivity contribution in [1.29, 1.82) is 0 Å². The molecule has 0 aliphatic heterocycles. The molecular weight excluding hydrogens is 190 g/mol. The lowest BCUT2D eigenvalue weighted by Crippen LogP contribution is -2.15. The zero-order valence-electron chi connectivity index (χ0n) is 9.19. The standard InChI is InChI=1S/C12H17NO2/c1-9(2)15-12(14)7-10-5-3-4-6-11(10)8-13/h3-6,9H,7-8,13H2,1-2H3. The first kappa shape index (κ1) is 11.7. The predicted molar refractivity (Wildman–Crippen MR) is 59.3 cm³/mol. The van der Waals surface area contributed by atoms with Crippen molar-refractivity contribution >= 4 is 5.97 Å². The van der Waals surface area contributed by atoms with Crippen LogP contribution in [0.5, 0.6) is 0 Å². The fourth-order valence-corrected chi connectivity index (χ4v) is 1.39. The topological polar surface area (TPSA) is 52.3 Å². The van der Waals surface area contributed by atoms with Crippen LogP contribution in [-0.2, 0) is 22.5 Å². The van der Waals surface area contributed by atoms with E-state index in [1.54, 1.807) is 0 Å². The Hall–Kier alpha value is -1.35. The van der Waals surface area contributed by atoms with Gasteiger partial charge in [-0.15, -0.1) is 0 Å². The summed E-state index contributed by atoms with van der Waals surface area (Å²) in [4.78, 5) is 11.4. The Bertz CT molecular complexity index is 334. The number of hydrogen-bond acceptors (Lipinski definition) is 3. The molecule has 2 N–H and O–H groups in total. The number of rotatable bonds is 4. The van der Waals surface area contributed by atoms with Gasteiger partial charge in [-0.2, -0.15) is 0 Å². The van der Waals surface area contributed by atoms with Crippen LogP contribution >= 0.6 is 0 Å². The zero-order valence-corrected chi connectivity index (χ0v) is 9.19. The molecule has 0 amide bonds. The molecule has 0 fully saturated rings. The number of benzene rings is 1. The van der Waals surface area contributed by atoms with Crippen LogP contribution in [0.1, 0.15) is 25.0 Å². The molecule has 0 spiro atoms. The van der Waals surface area contributed by atoms with Gasteiger partial charge in [0.1, 0.15) is 0 Å². The van der Waals surface area contributed by atoms with Crippen LogP contribution in [0.4, 0.5) is 0 Å². The van der Waals surface area contributed by atoms with Crippen LogP contribution in [0.2, 0.25) is 0 Å². The fraction of sp³-hybridized carbons (Fsp3) is 0.417. The van der Waals surface area contributed by atoms with E-state index in [1.807, 2.05) is 38.1 Å². The van der Waals surface area contributed by atoms with Gasteiger partial charge in [0, 0.05) is 6.54 Å². The van der Waals surface area contributed by atoms with E-state index in [9.17, 15) is 4.79 Å². The summed E-state index contributed by atoms with van der Waals surface area (Å²) in [5.41, 5.74) is 7.52. The van der Waals surface area contributed by atoms with E-state index in [0.29, 0.717) is 13.0 Å². The Morgan fingerprint density at radius 1 is 1.33 bits per heavy atom. The molecule has 0 saturated heterocycles. The molecule has 0 aliphatic carbocycles. The summed E-state index contributed by atoms with van der Waals surface area (Å²) < 4.78 is 5.07. The van der Waals surface area contributed by atoms with Crippen LogP contribution in [0.3, 0.4) is 0 Å². The number of nitrogens with two attached hydrogens (primary N) is 1. The van der Waals surface area contributed by atoms with Gasteiger partial charge in [-0.1, -0.05) is 24.3 Å². The minimum atomic E-state index is -0.203. The maximum absolute atomic E-state index is 11.4. The van der Waals surface area contributed by atoms with E-state index < -0.39 is 0 Å². The smallest absolute Gasteiger partial charge is 0.310 e. The van der Waals surface area contributed by atoms with Crippen molar-refractivity contribution in [1.82, 2.24) is 0 Å². The Morgan fingerprint density at radius 2 is 1.93 bits per heavy atom. The van der Waals surface area contributed by atoms with Crippen molar-refractivity contribution in [3.05, 3.63) is 35.4 Å². The van der Waals surface area contributed by atoms with Gasteiger partial charge in [-0.05, 0) is 25.0 Å². The van der Waals surface area contributed by atoms with Crippen molar-refractivity contribution < 1.29 is 9.53 Å². The third-order valence-corrected chi connectivity index (χ3v) is 2.04. The average Bonchev–Trinajstić information content (AvgIpc) is 2.17. The summed E-state index contributed by atoms with van der Waals surface area (Å²) in [6.07, 6.45) is 0.230. The third kappa shape index (κ3) is 3.72. The Morgan fingerprint density at radius 3 is 2.47 bits per heavy atom. The largest absolute Gasteiger partial charge is 0.463 e. The quantitative estimate of drug-likeness (QED) is 0.764. The zero-order chi connectivity index (χ0) is 11.3. The third-order valence-electron chi connectivity index (χ3n) is 2.04. The first-order valence-corrected chi connectivity index (χ1v) is 5.09. The van der Waals surface area contributed by atoms with Crippen LogP contribution in [0.25, 0.3) is 0 Å². The highest BCUT2D eigenvalue weighted by Crippen LogP contribution is 2.09.